The molecule has 3 aromatic rings. The summed E-state index contributed by atoms with van der Waals surface area (Å²) in [5.41, 5.74) is 4.33. The van der Waals surface area contributed by atoms with Crippen molar-refractivity contribution >= 4 is 35.2 Å². The SMILES string of the molecule is Cc1cccc(CN(C(=O)CSCc2ccc(Cl)cc2)C(Cc2ccccc2)C(=O)NC2CCCC2)c1. The lowest BCUT2D eigenvalue weighted by molar-refractivity contribution is -0.139. The van der Waals surface area contributed by atoms with E-state index in [-0.39, 0.29) is 17.9 Å². The molecule has 0 heterocycles. The van der Waals surface area contributed by atoms with Gasteiger partial charge in [-0.05, 0) is 48.6 Å². The van der Waals surface area contributed by atoms with Gasteiger partial charge in [-0.1, -0.05) is 96.7 Å². The van der Waals surface area contributed by atoms with Gasteiger partial charge in [0.15, 0.2) is 0 Å². The molecule has 4 rings (SSSR count). The molecule has 4 nitrogen and oxygen atoms in total. The number of halogens is 1. The summed E-state index contributed by atoms with van der Waals surface area (Å²) in [5.74, 6) is 0.928. The summed E-state index contributed by atoms with van der Waals surface area (Å²) in [7, 11) is 0. The van der Waals surface area contributed by atoms with Crippen molar-refractivity contribution in [1.29, 1.82) is 0 Å². The number of rotatable bonds is 11. The van der Waals surface area contributed by atoms with Gasteiger partial charge in [-0.3, -0.25) is 9.59 Å². The molecule has 1 unspecified atom stereocenters. The van der Waals surface area contributed by atoms with E-state index in [1.807, 2.05) is 79.7 Å². The van der Waals surface area contributed by atoms with Crippen LogP contribution < -0.4 is 5.32 Å². The highest BCUT2D eigenvalue weighted by molar-refractivity contribution is 7.99. The van der Waals surface area contributed by atoms with Crippen LogP contribution in [-0.2, 0) is 28.3 Å². The van der Waals surface area contributed by atoms with Crippen LogP contribution in [0, 0.1) is 6.92 Å². The molecule has 1 fully saturated rings. The number of hydrogen-bond acceptors (Lipinski definition) is 3. The Morgan fingerprint density at radius 1 is 0.946 bits per heavy atom. The zero-order valence-corrected chi connectivity index (χ0v) is 22.9. The number of nitrogens with one attached hydrogen (secondary N) is 1. The zero-order chi connectivity index (χ0) is 26.0. The molecule has 194 valence electrons. The fourth-order valence-corrected chi connectivity index (χ4v) is 5.85. The van der Waals surface area contributed by atoms with Gasteiger partial charge >= 0.3 is 0 Å². The van der Waals surface area contributed by atoms with E-state index in [0.29, 0.717) is 29.5 Å². The first-order valence-corrected chi connectivity index (χ1v) is 14.5. The van der Waals surface area contributed by atoms with Gasteiger partial charge in [0.05, 0.1) is 5.75 Å². The maximum atomic E-state index is 13.8. The summed E-state index contributed by atoms with van der Waals surface area (Å²) in [6, 6.07) is 25.5. The molecule has 0 spiro atoms. The predicted molar refractivity (Wildman–Crippen MR) is 154 cm³/mol. The fourth-order valence-electron chi connectivity index (χ4n) is 4.85. The van der Waals surface area contributed by atoms with Gasteiger partial charge in [-0.25, -0.2) is 0 Å². The van der Waals surface area contributed by atoms with Crippen LogP contribution in [0.25, 0.3) is 0 Å². The van der Waals surface area contributed by atoms with Crippen LogP contribution in [-0.4, -0.2) is 34.6 Å². The van der Waals surface area contributed by atoms with E-state index in [4.69, 9.17) is 11.6 Å². The molecular formula is C31H35ClN2O2S. The molecule has 1 aliphatic carbocycles. The van der Waals surface area contributed by atoms with Crippen molar-refractivity contribution in [1.82, 2.24) is 10.2 Å². The Labute approximate surface area is 229 Å². The van der Waals surface area contributed by atoms with Gasteiger partial charge in [0.1, 0.15) is 6.04 Å². The zero-order valence-electron chi connectivity index (χ0n) is 21.4. The molecule has 2 amide bonds. The average Bonchev–Trinajstić information content (AvgIpc) is 3.41. The Kier molecular flexibility index (Phi) is 10.1. The second-order valence-electron chi connectivity index (χ2n) is 9.83. The summed E-state index contributed by atoms with van der Waals surface area (Å²) in [5, 5.41) is 3.97. The molecule has 3 aromatic carbocycles. The number of benzene rings is 3. The van der Waals surface area contributed by atoms with Crippen LogP contribution >= 0.6 is 23.4 Å². The maximum Gasteiger partial charge on any atom is 0.243 e. The summed E-state index contributed by atoms with van der Waals surface area (Å²) in [6.45, 7) is 2.45. The van der Waals surface area contributed by atoms with Gasteiger partial charge in [0.25, 0.3) is 0 Å². The summed E-state index contributed by atoms with van der Waals surface area (Å²) in [4.78, 5) is 29.3. The van der Waals surface area contributed by atoms with Gasteiger partial charge in [-0.15, -0.1) is 11.8 Å². The third-order valence-electron chi connectivity index (χ3n) is 6.82. The van der Waals surface area contributed by atoms with Crippen molar-refractivity contribution in [3.05, 3.63) is 106 Å². The third kappa shape index (κ3) is 8.37. The lowest BCUT2D eigenvalue weighted by Crippen LogP contribution is -2.52. The highest BCUT2D eigenvalue weighted by atomic mass is 35.5. The van der Waals surface area contributed by atoms with Crippen LogP contribution in [0.4, 0.5) is 0 Å². The minimum atomic E-state index is -0.577. The van der Waals surface area contributed by atoms with E-state index in [9.17, 15) is 9.59 Å². The molecule has 0 radical (unpaired) electrons. The van der Waals surface area contributed by atoms with Crippen molar-refractivity contribution < 1.29 is 9.59 Å². The normalized spacial score (nSPS) is 14.3. The largest absolute Gasteiger partial charge is 0.352 e. The Balaban J connectivity index is 1.56. The van der Waals surface area contributed by atoms with E-state index in [1.54, 1.807) is 16.7 Å². The van der Waals surface area contributed by atoms with Crippen LogP contribution in [0.1, 0.15) is 47.9 Å². The lowest BCUT2D eigenvalue weighted by atomic mass is 10.0. The third-order valence-corrected chi connectivity index (χ3v) is 8.06. The first-order chi connectivity index (χ1) is 18.0. The van der Waals surface area contributed by atoms with E-state index < -0.39 is 6.04 Å². The second kappa shape index (κ2) is 13.7. The smallest absolute Gasteiger partial charge is 0.243 e. The Hall–Kier alpha value is -2.76. The van der Waals surface area contributed by atoms with Crippen LogP contribution in [0.2, 0.25) is 5.02 Å². The van der Waals surface area contributed by atoms with Crippen LogP contribution in [0.5, 0.6) is 0 Å². The van der Waals surface area contributed by atoms with Crippen molar-refractivity contribution in [3.63, 3.8) is 0 Å². The molecule has 1 saturated carbocycles. The Morgan fingerprint density at radius 2 is 1.65 bits per heavy atom. The number of thioether (sulfide) groups is 1. The van der Waals surface area contributed by atoms with Gasteiger partial charge < -0.3 is 10.2 Å². The van der Waals surface area contributed by atoms with Gasteiger partial charge in [0.2, 0.25) is 11.8 Å². The monoisotopic (exact) mass is 534 g/mol. The van der Waals surface area contributed by atoms with E-state index in [0.717, 1.165) is 47.9 Å². The lowest BCUT2D eigenvalue weighted by Gasteiger charge is -2.32. The standard InChI is InChI=1S/C31H35ClN2O2S/c1-23-8-7-11-26(18-23)20-34(30(35)22-37-21-25-14-16-27(32)17-15-25)29(19-24-9-3-2-4-10-24)31(36)33-28-12-5-6-13-28/h2-4,7-11,14-18,28-29H,5-6,12-13,19-22H2,1H3,(H,33,36). The topological polar surface area (TPSA) is 49.4 Å². The maximum absolute atomic E-state index is 13.8. The van der Waals surface area contributed by atoms with Crippen molar-refractivity contribution in [2.75, 3.05) is 5.75 Å². The second-order valence-corrected chi connectivity index (χ2v) is 11.2. The predicted octanol–water partition coefficient (Wildman–Crippen LogP) is 6.58. The number of carbonyl (C=O) groups is 2. The first kappa shape index (κ1) is 27.3. The van der Waals surface area contributed by atoms with E-state index in [2.05, 4.69) is 11.4 Å². The molecule has 0 aliphatic heterocycles. The molecule has 37 heavy (non-hydrogen) atoms. The molecule has 1 N–H and O–H groups in total. The number of aryl methyl sites for hydroxylation is 1. The number of carbonyl (C=O) groups excluding carboxylic acids is 2. The number of nitrogens with zero attached hydrogens (tertiary/aromatic N) is 1. The molecule has 6 heteroatoms. The first-order valence-electron chi connectivity index (χ1n) is 13.0. The van der Waals surface area contributed by atoms with Crippen molar-refractivity contribution in [3.8, 4) is 0 Å². The average molecular weight is 535 g/mol. The number of hydrogen-bond donors (Lipinski definition) is 1. The van der Waals surface area contributed by atoms with E-state index >= 15 is 0 Å². The van der Waals surface area contributed by atoms with Crippen molar-refractivity contribution in [2.24, 2.45) is 0 Å². The van der Waals surface area contributed by atoms with Crippen LogP contribution in [0.3, 0.4) is 0 Å². The summed E-state index contributed by atoms with van der Waals surface area (Å²) >= 11 is 7.58. The Morgan fingerprint density at radius 3 is 2.35 bits per heavy atom. The molecular weight excluding hydrogens is 500 g/mol. The quantitative estimate of drug-likeness (QED) is 0.302. The molecule has 0 saturated heterocycles. The van der Waals surface area contributed by atoms with Gasteiger partial charge in [0, 0.05) is 29.8 Å². The summed E-state index contributed by atoms with van der Waals surface area (Å²) < 4.78 is 0. The fraction of sp³-hybridized carbons (Fsp3) is 0.355. The van der Waals surface area contributed by atoms with Gasteiger partial charge in [-0.2, -0.15) is 0 Å². The summed E-state index contributed by atoms with van der Waals surface area (Å²) in [6.07, 6.45) is 4.78. The molecule has 1 atom stereocenters. The minimum absolute atomic E-state index is 0.0250. The van der Waals surface area contributed by atoms with Crippen molar-refractivity contribution in [2.45, 2.75) is 63.4 Å². The highest BCUT2D eigenvalue weighted by Gasteiger charge is 2.32. The number of amides is 2. The molecule has 0 bridgehead atoms. The minimum Gasteiger partial charge on any atom is -0.352 e. The Bertz CT molecular complexity index is 1160. The highest BCUT2D eigenvalue weighted by Crippen LogP contribution is 2.22. The molecule has 1 aliphatic rings. The molecule has 0 aromatic heterocycles. The van der Waals surface area contributed by atoms with Crippen LogP contribution in [0.15, 0.2) is 78.9 Å². The van der Waals surface area contributed by atoms with E-state index in [1.165, 1.54) is 0 Å².